The molecule has 0 aromatic carbocycles. The summed E-state index contributed by atoms with van der Waals surface area (Å²) in [6.45, 7) is 8.12. The van der Waals surface area contributed by atoms with E-state index in [9.17, 15) is 4.79 Å². The van der Waals surface area contributed by atoms with E-state index in [0.717, 1.165) is 25.9 Å². The van der Waals surface area contributed by atoms with Crippen molar-refractivity contribution in [1.82, 2.24) is 4.90 Å². The summed E-state index contributed by atoms with van der Waals surface area (Å²) in [4.78, 5) is 14.1. The lowest BCUT2D eigenvalue weighted by atomic mass is 9.85. The summed E-state index contributed by atoms with van der Waals surface area (Å²) in [5.41, 5.74) is 6.69. The van der Waals surface area contributed by atoms with Crippen LogP contribution >= 0.6 is 0 Å². The molecule has 0 aromatic heterocycles. The average Bonchev–Trinajstić information content (AvgIpc) is 2.28. The topological polar surface area (TPSA) is 46.3 Å². The SMILES string of the molecule is CCC(C)(CN)C(=O)N1CC=C(C)CC1. The minimum atomic E-state index is -0.376. The Kier molecular flexibility index (Phi) is 3.91. The summed E-state index contributed by atoms with van der Waals surface area (Å²) in [6.07, 6.45) is 3.94. The van der Waals surface area contributed by atoms with Crippen molar-refractivity contribution in [2.45, 2.75) is 33.6 Å². The van der Waals surface area contributed by atoms with Crippen molar-refractivity contribution >= 4 is 5.91 Å². The Labute approximate surface area is 92.3 Å². The van der Waals surface area contributed by atoms with E-state index in [1.54, 1.807) is 0 Å². The smallest absolute Gasteiger partial charge is 0.230 e. The van der Waals surface area contributed by atoms with Gasteiger partial charge in [0.05, 0.1) is 5.41 Å². The van der Waals surface area contributed by atoms with Crippen molar-refractivity contribution in [1.29, 1.82) is 0 Å². The van der Waals surface area contributed by atoms with Crippen LogP contribution in [0.4, 0.5) is 0 Å². The molecule has 2 N–H and O–H groups in total. The summed E-state index contributed by atoms with van der Waals surface area (Å²) in [5.74, 6) is 0.205. The summed E-state index contributed by atoms with van der Waals surface area (Å²) in [6, 6.07) is 0. The number of carbonyl (C=O) groups is 1. The molecule has 15 heavy (non-hydrogen) atoms. The third-order valence-corrected chi connectivity index (χ3v) is 3.47. The van der Waals surface area contributed by atoms with Crippen LogP contribution in [0.2, 0.25) is 0 Å². The van der Waals surface area contributed by atoms with Crippen LogP contribution in [-0.4, -0.2) is 30.4 Å². The van der Waals surface area contributed by atoms with Crippen LogP contribution < -0.4 is 5.73 Å². The van der Waals surface area contributed by atoms with Crippen molar-refractivity contribution < 1.29 is 4.79 Å². The molecule has 0 aliphatic carbocycles. The molecule has 86 valence electrons. The van der Waals surface area contributed by atoms with Gasteiger partial charge in [-0.1, -0.05) is 18.6 Å². The minimum Gasteiger partial charge on any atom is -0.338 e. The molecular formula is C12H22N2O. The number of amides is 1. The van der Waals surface area contributed by atoms with Gasteiger partial charge in [-0.05, 0) is 26.7 Å². The highest BCUT2D eigenvalue weighted by atomic mass is 16.2. The molecule has 3 nitrogen and oxygen atoms in total. The zero-order chi connectivity index (χ0) is 11.5. The Balaban J connectivity index is 2.69. The Morgan fingerprint density at radius 2 is 2.33 bits per heavy atom. The zero-order valence-corrected chi connectivity index (χ0v) is 10.0. The summed E-state index contributed by atoms with van der Waals surface area (Å²) in [5, 5.41) is 0. The fraction of sp³-hybridized carbons (Fsp3) is 0.750. The Morgan fingerprint density at radius 3 is 2.73 bits per heavy atom. The lowest BCUT2D eigenvalue weighted by Gasteiger charge is -2.34. The fourth-order valence-electron chi connectivity index (χ4n) is 1.72. The van der Waals surface area contributed by atoms with E-state index in [1.165, 1.54) is 5.57 Å². The maximum atomic E-state index is 12.2. The van der Waals surface area contributed by atoms with Gasteiger partial charge in [-0.15, -0.1) is 0 Å². The van der Waals surface area contributed by atoms with Crippen LogP contribution in [0.5, 0.6) is 0 Å². The fourth-order valence-corrected chi connectivity index (χ4v) is 1.72. The van der Waals surface area contributed by atoms with E-state index in [4.69, 9.17) is 5.73 Å². The van der Waals surface area contributed by atoms with E-state index in [-0.39, 0.29) is 11.3 Å². The van der Waals surface area contributed by atoms with Gasteiger partial charge in [0, 0.05) is 19.6 Å². The number of hydrogen-bond acceptors (Lipinski definition) is 2. The number of nitrogens with two attached hydrogens (primary N) is 1. The van der Waals surface area contributed by atoms with Gasteiger partial charge in [-0.3, -0.25) is 4.79 Å². The summed E-state index contributed by atoms with van der Waals surface area (Å²) < 4.78 is 0. The normalized spacial score (nSPS) is 20.8. The molecule has 0 saturated carbocycles. The first-order valence-electron chi connectivity index (χ1n) is 5.68. The standard InChI is InChI=1S/C12H22N2O/c1-4-12(3,9-13)11(15)14-7-5-10(2)6-8-14/h5H,4,6-9,13H2,1-3H3. The van der Waals surface area contributed by atoms with Crippen molar-refractivity contribution in [2.75, 3.05) is 19.6 Å². The van der Waals surface area contributed by atoms with Gasteiger partial charge in [-0.2, -0.15) is 0 Å². The highest BCUT2D eigenvalue weighted by Crippen LogP contribution is 2.24. The number of nitrogens with zero attached hydrogens (tertiary/aromatic N) is 1. The number of rotatable bonds is 3. The highest BCUT2D eigenvalue weighted by Gasteiger charge is 2.33. The first-order valence-corrected chi connectivity index (χ1v) is 5.68. The van der Waals surface area contributed by atoms with E-state index in [2.05, 4.69) is 13.0 Å². The van der Waals surface area contributed by atoms with Crippen molar-refractivity contribution in [2.24, 2.45) is 11.1 Å². The third kappa shape index (κ3) is 2.59. The van der Waals surface area contributed by atoms with Crippen LogP contribution in [0.3, 0.4) is 0 Å². The number of hydrogen-bond donors (Lipinski definition) is 1. The van der Waals surface area contributed by atoms with Crippen LogP contribution in [0, 0.1) is 5.41 Å². The van der Waals surface area contributed by atoms with Gasteiger partial charge in [0.15, 0.2) is 0 Å². The third-order valence-electron chi connectivity index (χ3n) is 3.47. The molecule has 3 heteroatoms. The molecule has 0 fully saturated rings. The van der Waals surface area contributed by atoms with Gasteiger partial charge in [0.25, 0.3) is 0 Å². The highest BCUT2D eigenvalue weighted by molar-refractivity contribution is 5.82. The van der Waals surface area contributed by atoms with Crippen molar-refractivity contribution in [3.05, 3.63) is 11.6 Å². The second-order valence-corrected chi connectivity index (χ2v) is 4.67. The Hall–Kier alpha value is -0.830. The predicted molar refractivity (Wildman–Crippen MR) is 62.4 cm³/mol. The molecule has 1 aliphatic rings. The molecule has 0 saturated heterocycles. The van der Waals surface area contributed by atoms with E-state index in [0.29, 0.717) is 6.54 Å². The first-order chi connectivity index (χ1) is 7.03. The largest absolute Gasteiger partial charge is 0.338 e. The lowest BCUT2D eigenvalue weighted by molar-refractivity contribution is -0.140. The van der Waals surface area contributed by atoms with Crippen LogP contribution in [-0.2, 0) is 4.79 Å². The number of carbonyl (C=O) groups excluding carboxylic acids is 1. The molecule has 0 spiro atoms. The molecule has 1 rings (SSSR count). The monoisotopic (exact) mass is 210 g/mol. The van der Waals surface area contributed by atoms with E-state index in [1.807, 2.05) is 18.7 Å². The summed E-state index contributed by atoms with van der Waals surface area (Å²) in [7, 11) is 0. The quantitative estimate of drug-likeness (QED) is 0.718. The Morgan fingerprint density at radius 1 is 1.67 bits per heavy atom. The van der Waals surface area contributed by atoms with Crippen LogP contribution in [0.25, 0.3) is 0 Å². The molecular weight excluding hydrogens is 188 g/mol. The Bertz CT molecular complexity index is 267. The second kappa shape index (κ2) is 4.79. The van der Waals surface area contributed by atoms with Gasteiger partial charge in [0.1, 0.15) is 0 Å². The molecule has 1 aliphatic heterocycles. The van der Waals surface area contributed by atoms with Crippen LogP contribution in [0.15, 0.2) is 11.6 Å². The molecule has 1 unspecified atom stereocenters. The molecule has 0 bridgehead atoms. The average molecular weight is 210 g/mol. The molecule has 0 radical (unpaired) electrons. The lowest BCUT2D eigenvalue weighted by Crippen LogP contribution is -2.47. The van der Waals surface area contributed by atoms with Crippen molar-refractivity contribution in [3.8, 4) is 0 Å². The van der Waals surface area contributed by atoms with Gasteiger partial charge < -0.3 is 10.6 Å². The zero-order valence-electron chi connectivity index (χ0n) is 10.0. The molecule has 1 heterocycles. The molecule has 1 amide bonds. The first kappa shape index (κ1) is 12.2. The molecule has 1 atom stereocenters. The van der Waals surface area contributed by atoms with E-state index >= 15 is 0 Å². The van der Waals surface area contributed by atoms with Gasteiger partial charge in [0.2, 0.25) is 5.91 Å². The van der Waals surface area contributed by atoms with E-state index < -0.39 is 0 Å². The second-order valence-electron chi connectivity index (χ2n) is 4.67. The van der Waals surface area contributed by atoms with Gasteiger partial charge in [-0.25, -0.2) is 0 Å². The maximum absolute atomic E-state index is 12.2. The summed E-state index contributed by atoms with van der Waals surface area (Å²) >= 11 is 0. The maximum Gasteiger partial charge on any atom is 0.230 e. The predicted octanol–water partition coefficient (Wildman–Crippen LogP) is 1.54. The molecule has 0 aromatic rings. The minimum absolute atomic E-state index is 0.205. The van der Waals surface area contributed by atoms with Crippen LogP contribution in [0.1, 0.15) is 33.6 Å². The van der Waals surface area contributed by atoms with Crippen molar-refractivity contribution in [3.63, 3.8) is 0 Å². The van der Waals surface area contributed by atoms with Gasteiger partial charge >= 0.3 is 0 Å².